The molecule has 0 atom stereocenters. The summed E-state index contributed by atoms with van der Waals surface area (Å²) in [5, 5.41) is 3.00. The van der Waals surface area contributed by atoms with Crippen molar-refractivity contribution in [1.29, 1.82) is 0 Å². The summed E-state index contributed by atoms with van der Waals surface area (Å²) in [6.07, 6.45) is 3.79. The van der Waals surface area contributed by atoms with E-state index in [0.29, 0.717) is 11.3 Å². The molecule has 4 nitrogen and oxygen atoms in total. The lowest BCUT2D eigenvalue weighted by molar-refractivity contribution is -0.121. The highest BCUT2D eigenvalue weighted by atomic mass is 16.5. The molecule has 2 aromatic rings. The Morgan fingerprint density at radius 3 is 2.38 bits per heavy atom. The van der Waals surface area contributed by atoms with E-state index in [9.17, 15) is 9.59 Å². The van der Waals surface area contributed by atoms with Crippen molar-refractivity contribution in [1.82, 2.24) is 0 Å². The number of esters is 1. The first-order valence-electron chi connectivity index (χ1n) is 8.21. The van der Waals surface area contributed by atoms with Gasteiger partial charge in [-0.05, 0) is 36.6 Å². The number of carbonyl (C=O) groups is 2. The first-order chi connectivity index (χ1) is 11.7. The monoisotopic (exact) mass is 323 g/mol. The van der Waals surface area contributed by atoms with Gasteiger partial charge in [0.15, 0.2) is 0 Å². The quantitative estimate of drug-likeness (QED) is 0.868. The molecule has 0 radical (unpaired) electrons. The molecule has 0 bridgehead atoms. The van der Waals surface area contributed by atoms with Crippen LogP contribution >= 0.6 is 0 Å². The van der Waals surface area contributed by atoms with E-state index in [2.05, 4.69) is 5.32 Å². The molecule has 0 aliphatic heterocycles. The molecule has 1 saturated carbocycles. The summed E-state index contributed by atoms with van der Waals surface area (Å²) in [4.78, 5) is 24.7. The third-order valence-corrected chi connectivity index (χ3v) is 4.76. The Morgan fingerprint density at radius 1 is 1.00 bits per heavy atom. The van der Waals surface area contributed by atoms with Crippen LogP contribution in [0.15, 0.2) is 54.6 Å². The molecule has 0 unspecified atom stereocenters. The predicted molar refractivity (Wildman–Crippen MR) is 93.0 cm³/mol. The number of amides is 1. The molecular formula is C20H21NO3. The Labute approximate surface area is 141 Å². The number of rotatable bonds is 4. The van der Waals surface area contributed by atoms with Crippen LogP contribution in [0, 0.1) is 0 Å². The van der Waals surface area contributed by atoms with Gasteiger partial charge in [-0.25, -0.2) is 4.79 Å². The topological polar surface area (TPSA) is 55.4 Å². The van der Waals surface area contributed by atoms with E-state index in [1.54, 1.807) is 24.3 Å². The summed E-state index contributed by atoms with van der Waals surface area (Å²) in [5.41, 5.74) is 1.62. The van der Waals surface area contributed by atoms with E-state index in [-0.39, 0.29) is 5.91 Å². The molecule has 1 aliphatic rings. The zero-order valence-electron chi connectivity index (χ0n) is 13.7. The van der Waals surface area contributed by atoms with Gasteiger partial charge in [-0.1, -0.05) is 49.2 Å². The van der Waals surface area contributed by atoms with Crippen LogP contribution in [0.1, 0.15) is 41.6 Å². The van der Waals surface area contributed by atoms with Gasteiger partial charge < -0.3 is 10.1 Å². The smallest absolute Gasteiger partial charge is 0.337 e. The molecule has 2 aromatic carbocycles. The van der Waals surface area contributed by atoms with Crippen molar-refractivity contribution in [3.05, 3.63) is 65.7 Å². The number of nitrogens with one attached hydrogen (secondary N) is 1. The minimum atomic E-state index is -0.484. The van der Waals surface area contributed by atoms with Crippen LogP contribution in [0.5, 0.6) is 0 Å². The van der Waals surface area contributed by atoms with Gasteiger partial charge in [0.2, 0.25) is 5.91 Å². The highest BCUT2D eigenvalue weighted by Gasteiger charge is 2.42. The second-order valence-electron chi connectivity index (χ2n) is 6.18. The van der Waals surface area contributed by atoms with Crippen molar-refractivity contribution >= 4 is 17.6 Å². The van der Waals surface area contributed by atoms with Gasteiger partial charge in [0.25, 0.3) is 0 Å². The second kappa shape index (κ2) is 6.87. The summed E-state index contributed by atoms with van der Waals surface area (Å²) in [6.45, 7) is 0. The number of anilines is 1. The first-order valence-corrected chi connectivity index (χ1v) is 8.21. The molecule has 0 heterocycles. The van der Waals surface area contributed by atoms with Crippen molar-refractivity contribution in [2.45, 2.75) is 31.1 Å². The van der Waals surface area contributed by atoms with Crippen LogP contribution in [-0.4, -0.2) is 19.0 Å². The molecule has 1 aliphatic carbocycles. The maximum atomic E-state index is 13.1. The van der Waals surface area contributed by atoms with E-state index in [1.807, 2.05) is 30.3 Å². The van der Waals surface area contributed by atoms with Gasteiger partial charge in [0, 0.05) is 5.69 Å². The number of methoxy groups -OCH3 is 1. The van der Waals surface area contributed by atoms with E-state index >= 15 is 0 Å². The second-order valence-corrected chi connectivity index (χ2v) is 6.18. The van der Waals surface area contributed by atoms with Crippen molar-refractivity contribution in [2.24, 2.45) is 0 Å². The number of hydrogen-bond donors (Lipinski definition) is 1. The maximum Gasteiger partial charge on any atom is 0.337 e. The lowest BCUT2D eigenvalue weighted by Gasteiger charge is -2.28. The molecule has 1 fully saturated rings. The lowest BCUT2D eigenvalue weighted by Crippen LogP contribution is -2.38. The van der Waals surface area contributed by atoms with Gasteiger partial charge in [0.05, 0.1) is 18.1 Å². The van der Waals surface area contributed by atoms with Gasteiger partial charge in [-0.2, -0.15) is 0 Å². The fourth-order valence-corrected chi connectivity index (χ4v) is 3.48. The van der Waals surface area contributed by atoms with Crippen molar-refractivity contribution in [2.75, 3.05) is 12.4 Å². The molecular weight excluding hydrogens is 302 g/mol. The standard InChI is InChI=1S/C20H21NO3/c1-24-18(22)15-8-7-11-17(14-15)21-19(23)20(12-5-6-13-20)16-9-3-2-4-10-16/h2-4,7-11,14H,5-6,12-13H2,1H3,(H,21,23). The Bertz CT molecular complexity index is 734. The summed E-state index contributed by atoms with van der Waals surface area (Å²) in [5.74, 6) is -0.419. The molecule has 0 spiro atoms. The van der Waals surface area contributed by atoms with Gasteiger partial charge in [0.1, 0.15) is 0 Å². The van der Waals surface area contributed by atoms with Gasteiger partial charge >= 0.3 is 5.97 Å². The Morgan fingerprint density at radius 2 is 1.71 bits per heavy atom. The molecule has 3 rings (SSSR count). The van der Waals surface area contributed by atoms with Crippen LogP contribution < -0.4 is 5.32 Å². The number of carbonyl (C=O) groups excluding carboxylic acids is 2. The third kappa shape index (κ3) is 3.04. The fraction of sp³-hybridized carbons (Fsp3) is 0.300. The van der Waals surface area contributed by atoms with Crippen molar-refractivity contribution < 1.29 is 14.3 Å². The molecule has 24 heavy (non-hydrogen) atoms. The summed E-state index contributed by atoms with van der Waals surface area (Å²) < 4.78 is 4.73. The normalized spacial score (nSPS) is 15.7. The van der Waals surface area contributed by atoms with E-state index in [4.69, 9.17) is 4.74 Å². The van der Waals surface area contributed by atoms with E-state index in [0.717, 1.165) is 31.2 Å². The highest BCUT2D eigenvalue weighted by Crippen LogP contribution is 2.42. The van der Waals surface area contributed by atoms with Crippen LogP contribution in [0.4, 0.5) is 5.69 Å². The Balaban J connectivity index is 1.86. The molecule has 4 heteroatoms. The van der Waals surface area contributed by atoms with Crippen molar-refractivity contribution in [3.63, 3.8) is 0 Å². The summed E-state index contributed by atoms with van der Waals surface area (Å²) >= 11 is 0. The third-order valence-electron chi connectivity index (χ3n) is 4.76. The molecule has 1 N–H and O–H groups in total. The zero-order chi connectivity index (χ0) is 17.0. The van der Waals surface area contributed by atoms with E-state index < -0.39 is 11.4 Å². The lowest BCUT2D eigenvalue weighted by atomic mass is 9.78. The summed E-state index contributed by atoms with van der Waals surface area (Å²) in [6, 6.07) is 16.8. The van der Waals surface area contributed by atoms with Gasteiger partial charge in [-0.3, -0.25) is 4.79 Å². The maximum absolute atomic E-state index is 13.1. The molecule has 0 aromatic heterocycles. The molecule has 0 saturated heterocycles. The molecule has 124 valence electrons. The number of benzene rings is 2. The minimum Gasteiger partial charge on any atom is -0.465 e. The number of hydrogen-bond acceptors (Lipinski definition) is 3. The SMILES string of the molecule is COC(=O)c1cccc(NC(=O)C2(c3ccccc3)CCCC2)c1. The van der Waals surface area contributed by atoms with Crippen LogP contribution in [0.25, 0.3) is 0 Å². The summed E-state index contributed by atoms with van der Waals surface area (Å²) in [7, 11) is 1.34. The predicted octanol–water partition coefficient (Wildman–Crippen LogP) is 3.92. The van der Waals surface area contributed by atoms with Crippen molar-refractivity contribution in [3.8, 4) is 0 Å². The minimum absolute atomic E-state index is 0.00628. The van der Waals surface area contributed by atoms with Crippen LogP contribution in [0.3, 0.4) is 0 Å². The average molecular weight is 323 g/mol. The Kier molecular flexibility index (Phi) is 4.65. The zero-order valence-corrected chi connectivity index (χ0v) is 13.7. The Hall–Kier alpha value is -2.62. The van der Waals surface area contributed by atoms with Crippen LogP contribution in [-0.2, 0) is 14.9 Å². The largest absolute Gasteiger partial charge is 0.465 e. The highest BCUT2D eigenvalue weighted by molar-refractivity contribution is 6.00. The van der Waals surface area contributed by atoms with Gasteiger partial charge in [-0.15, -0.1) is 0 Å². The number of ether oxygens (including phenoxy) is 1. The first kappa shape index (κ1) is 16.2. The molecule has 1 amide bonds. The van der Waals surface area contributed by atoms with E-state index in [1.165, 1.54) is 7.11 Å². The average Bonchev–Trinajstić information content (AvgIpc) is 3.13. The fourth-order valence-electron chi connectivity index (χ4n) is 3.48. The van der Waals surface area contributed by atoms with Crippen LogP contribution in [0.2, 0.25) is 0 Å².